The van der Waals surface area contributed by atoms with Gasteiger partial charge in [-0.1, -0.05) is 0 Å². The lowest BCUT2D eigenvalue weighted by Gasteiger charge is -2.19. The van der Waals surface area contributed by atoms with Crippen LogP contribution in [0.3, 0.4) is 0 Å². The molecule has 3 N–H and O–H groups in total. The van der Waals surface area contributed by atoms with Crippen LogP contribution in [-0.4, -0.2) is 50.4 Å². The number of fused-ring (bicyclic) bond motifs is 2. The molecule has 8 nitrogen and oxygen atoms in total. The fourth-order valence-corrected chi connectivity index (χ4v) is 4.36. The fraction of sp³-hybridized carbons (Fsp3) is 0.400. The predicted octanol–water partition coefficient (Wildman–Crippen LogP) is 3.97. The smallest absolute Gasteiger partial charge is 0.257 e. The van der Waals surface area contributed by atoms with Crippen LogP contribution < -0.4 is 16.0 Å². The molecule has 3 aromatic heterocycles. The van der Waals surface area contributed by atoms with Crippen molar-refractivity contribution in [1.82, 2.24) is 19.2 Å². The van der Waals surface area contributed by atoms with E-state index in [1.807, 2.05) is 19.3 Å². The highest BCUT2D eigenvalue weighted by Gasteiger charge is 2.37. The van der Waals surface area contributed by atoms with E-state index in [-0.39, 0.29) is 23.8 Å². The van der Waals surface area contributed by atoms with Gasteiger partial charge in [-0.05, 0) is 44.7 Å². The maximum atomic E-state index is 14.3. The van der Waals surface area contributed by atoms with E-state index in [0.717, 1.165) is 37.0 Å². The number of rotatable bonds is 4. The number of nitrogens with one attached hydrogen (secondary N) is 1. The largest absolute Gasteiger partial charge is 0.371 e. The summed E-state index contributed by atoms with van der Waals surface area (Å²) in [5.74, 6) is -0.805. The molecule has 10 heteroatoms. The first-order valence-corrected chi connectivity index (χ1v) is 11.8. The third-order valence-electron chi connectivity index (χ3n) is 6.50. The van der Waals surface area contributed by atoms with Crippen molar-refractivity contribution in [2.24, 2.45) is 12.8 Å². The number of alkyl halides is 1. The zero-order chi connectivity index (χ0) is 24.7. The first kappa shape index (κ1) is 23.2. The van der Waals surface area contributed by atoms with Crippen LogP contribution in [0.5, 0.6) is 0 Å². The van der Waals surface area contributed by atoms with Gasteiger partial charge < -0.3 is 20.4 Å². The van der Waals surface area contributed by atoms with Gasteiger partial charge in [0.05, 0.1) is 16.9 Å². The molecule has 4 aromatic rings. The van der Waals surface area contributed by atoms with Crippen LogP contribution in [0.1, 0.15) is 41.7 Å². The van der Waals surface area contributed by atoms with Crippen LogP contribution in [0.4, 0.5) is 20.2 Å². The first-order valence-electron chi connectivity index (χ1n) is 11.8. The summed E-state index contributed by atoms with van der Waals surface area (Å²) in [4.78, 5) is 19.5. The monoisotopic (exact) mass is 481 g/mol. The van der Waals surface area contributed by atoms with Gasteiger partial charge in [-0.3, -0.25) is 9.48 Å². The van der Waals surface area contributed by atoms with E-state index in [0.29, 0.717) is 22.5 Å². The molecule has 1 aliphatic carbocycles. The molecule has 6 rings (SSSR count). The van der Waals surface area contributed by atoms with E-state index in [9.17, 15) is 13.6 Å². The standard InChI is InChI=1S/C21H21FN6O.C4H8FN/c1-13-10-28-11-14(9-17(22)20(28)23-13)24-21(29)15-5-6-18(27-7-3-4-8-27)16-12-26(2)25-19(15)16;5-3-4(6)1-2-4/h5-6,9-12H,3-4,7-8H2,1-2H3,(H,24,29);1-3,6H2. The summed E-state index contributed by atoms with van der Waals surface area (Å²) < 4.78 is 29.1. The molecule has 1 aromatic carbocycles. The topological polar surface area (TPSA) is 93.5 Å². The second-order valence-electron chi connectivity index (χ2n) is 9.53. The van der Waals surface area contributed by atoms with Gasteiger partial charge in [0.15, 0.2) is 11.5 Å². The first-order chi connectivity index (χ1) is 16.8. The molecule has 0 radical (unpaired) electrons. The summed E-state index contributed by atoms with van der Waals surface area (Å²) in [5.41, 5.74) is 8.42. The molecule has 2 fully saturated rings. The number of aryl methyl sites for hydroxylation is 2. The number of halogens is 2. The Labute approximate surface area is 201 Å². The van der Waals surface area contributed by atoms with Gasteiger partial charge in [0, 0.05) is 61.4 Å². The van der Waals surface area contributed by atoms with Crippen molar-refractivity contribution in [3.63, 3.8) is 0 Å². The van der Waals surface area contributed by atoms with Crippen molar-refractivity contribution in [3.8, 4) is 0 Å². The van der Waals surface area contributed by atoms with Gasteiger partial charge >= 0.3 is 0 Å². The SMILES string of the molecule is Cc1cn2cc(NC(=O)c3ccc(N4CCCC4)c4cn(C)nc34)cc(F)c2n1.NC1(CF)CC1. The Morgan fingerprint density at radius 2 is 1.94 bits per heavy atom. The van der Waals surface area contributed by atoms with Gasteiger partial charge in [0.25, 0.3) is 5.91 Å². The molecule has 4 heterocycles. The highest BCUT2D eigenvalue weighted by molar-refractivity contribution is 6.13. The summed E-state index contributed by atoms with van der Waals surface area (Å²) in [6.07, 6.45) is 9.42. The van der Waals surface area contributed by atoms with Gasteiger partial charge in [-0.25, -0.2) is 13.8 Å². The molecular formula is C25H29F2N7O. The summed E-state index contributed by atoms with van der Waals surface area (Å²) in [6, 6.07) is 5.07. The molecule has 1 saturated carbocycles. The van der Waals surface area contributed by atoms with Crippen molar-refractivity contribution in [2.45, 2.75) is 38.1 Å². The van der Waals surface area contributed by atoms with Crippen LogP contribution in [0.25, 0.3) is 16.6 Å². The predicted molar refractivity (Wildman–Crippen MR) is 132 cm³/mol. The summed E-state index contributed by atoms with van der Waals surface area (Å²) in [6.45, 7) is 3.48. The Kier molecular flexibility index (Phi) is 5.92. The van der Waals surface area contributed by atoms with Gasteiger partial charge in [0.2, 0.25) is 0 Å². The number of carbonyl (C=O) groups excluding carboxylic acids is 1. The molecule has 35 heavy (non-hydrogen) atoms. The molecule has 2 aliphatic rings. The molecule has 0 spiro atoms. The Morgan fingerprint density at radius 3 is 2.60 bits per heavy atom. The van der Waals surface area contributed by atoms with E-state index < -0.39 is 5.82 Å². The van der Waals surface area contributed by atoms with Crippen molar-refractivity contribution >= 4 is 33.8 Å². The summed E-state index contributed by atoms with van der Waals surface area (Å²) in [7, 11) is 1.85. The van der Waals surface area contributed by atoms with Gasteiger partial charge in [-0.15, -0.1) is 0 Å². The Balaban J connectivity index is 0.000000371. The maximum Gasteiger partial charge on any atom is 0.257 e. The number of benzene rings is 1. The lowest BCUT2D eigenvalue weighted by atomic mass is 10.1. The molecule has 1 saturated heterocycles. The van der Waals surface area contributed by atoms with Gasteiger partial charge in [-0.2, -0.15) is 5.10 Å². The highest BCUT2D eigenvalue weighted by Crippen LogP contribution is 2.32. The summed E-state index contributed by atoms with van der Waals surface area (Å²) in [5, 5.41) is 8.27. The number of nitrogens with two attached hydrogens (primary N) is 1. The number of hydrogen-bond acceptors (Lipinski definition) is 5. The second kappa shape index (κ2) is 8.92. The molecule has 0 unspecified atom stereocenters. The molecule has 184 valence electrons. The average Bonchev–Trinajstić information content (AvgIpc) is 3.21. The number of pyridine rings is 1. The fourth-order valence-electron chi connectivity index (χ4n) is 4.36. The van der Waals surface area contributed by atoms with Gasteiger partial charge in [0.1, 0.15) is 12.2 Å². The molecule has 0 atom stereocenters. The molecular weight excluding hydrogens is 452 g/mol. The zero-order valence-electron chi connectivity index (χ0n) is 19.9. The number of anilines is 2. The van der Waals surface area contributed by atoms with E-state index in [4.69, 9.17) is 5.73 Å². The second-order valence-corrected chi connectivity index (χ2v) is 9.53. The van der Waals surface area contributed by atoms with Crippen LogP contribution in [0.15, 0.2) is 36.8 Å². The Hall–Kier alpha value is -3.53. The quantitative estimate of drug-likeness (QED) is 0.460. The van der Waals surface area contributed by atoms with E-state index in [1.165, 1.54) is 18.9 Å². The van der Waals surface area contributed by atoms with Crippen molar-refractivity contribution in [3.05, 3.63) is 53.9 Å². The van der Waals surface area contributed by atoms with Crippen LogP contribution in [-0.2, 0) is 7.05 Å². The lowest BCUT2D eigenvalue weighted by molar-refractivity contribution is 0.102. The Bertz CT molecular complexity index is 1400. The number of amides is 1. The number of aromatic nitrogens is 4. The average molecular weight is 482 g/mol. The summed E-state index contributed by atoms with van der Waals surface area (Å²) >= 11 is 0. The lowest BCUT2D eigenvalue weighted by Crippen LogP contribution is -2.23. The van der Waals surface area contributed by atoms with Crippen molar-refractivity contribution < 1.29 is 13.6 Å². The minimum atomic E-state index is -0.483. The number of imidazole rings is 1. The van der Waals surface area contributed by atoms with Crippen LogP contribution in [0, 0.1) is 12.7 Å². The normalized spacial score (nSPS) is 16.4. The minimum Gasteiger partial charge on any atom is -0.371 e. The number of hydrogen-bond donors (Lipinski definition) is 2. The highest BCUT2D eigenvalue weighted by atomic mass is 19.1. The molecule has 1 amide bonds. The van der Waals surface area contributed by atoms with Crippen molar-refractivity contribution in [2.75, 3.05) is 30.0 Å². The van der Waals surface area contributed by atoms with E-state index in [1.54, 1.807) is 34.5 Å². The molecule has 1 aliphatic heterocycles. The number of nitrogens with zero attached hydrogens (tertiary/aromatic N) is 5. The van der Waals surface area contributed by atoms with Crippen LogP contribution >= 0.6 is 0 Å². The van der Waals surface area contributed by atoms with Crippen LogP contribution in [0.2, 0.25) is 0 Å². The maximum absolute atomic E-state index is 14.3. The van der Waals surface area contributed by atoms with E-state index in [2.05, 4.69) is 20.3 Å². The van der Waals surface area contributed by atoms with E-state index >= 15 is 0 Å². The van der Waals surface area contributed by atoms with Crippen molar-refractivity contribution in [1.29, 1.82) is 0 Å². The third kappa shape index (κ3) is 4.70. The minimum absolute atomic E-state index is 0.239. The zero-order valence-corrected chi connectivity index (χ0v) is 19.9. The number of carbonyl (C=O) groups is 1. The third-order valence-corrected chi connectivity index (χ3v) is 6.50. The molecule has 0 bridgehead atoms. The Morgan fingerprint density at radius 1 is 1.20 bits per heavy atom.